The number of benzene rings is 1. The van der Waals surface area contributed by atoms with Crippen molar-refractivity contribution in [1.29, 1.82) is 0 Å². The molecule has 2 aromatic heterocycles. The minimum atomic E-state index is -0.823. The van der Waals surface area contributed by atoms with Gasteiger partial charge in [0, 0.05) is 13.1 Å². The predicted molar refractivity (Wildman–Crippen MR) is 89.1 cm³/mol. The van der Waals surface area contributed by atoms with Crippen LogP contribution in [0.2, 0.25) is 0 Å². The Morgan fingerprint density at radius 2 is 2.04 bits per heavy atom. The summed E-state index contributed by atoms with van der Waals surface area (Å²) >= 11 is 0. The van der Waals surface area contributed by atoms with Gasteiger partial charge in [0.15, 0.2) is 11.5 Å². The highest BCUT2D eigenvalue weighted by Gasteiger charge is 2.21. The van der Waals surface area contributed by atoms with Gasteiger partial charge in [0.25, 0.3) is 5.91 Å². The van der Waals surface area contributed by atoms with Gasteiger partial charge in [-0.2, -0.15) is 0 Å². The molecule has 2 heterocycles. The Morgan fingerprint density at radius 3 is 2.68 bits per heavy atom. The zero-order valence-electron chi connectivity index (χ0n) is 13.9. The Hall–Kier alpha value is -3.06. The van der Waals surface area contributed by atoms with Gasteiger partial charge in [0.05, 0.1) is 26.0 Å². The molecule has 1 unspecified atom stereocenters. The van der Waals surface area contributed by atoms with Crippen molar-refractivity contribution < 1.29 is 23.6 Å². The number of aromatic nitrogens is 1. The van der Waals surface area contributed by atoms with E-state index in [4.69, 9.17) is 13.7 Å². The molecule has 3 rings (SSSR count). The summed E-state index contributed by atoms with van der Waals surface area (Å²) in [6.45, 7) is 0.119. The molecule has 0 saturated carbocycles. The molecule has 7 nitrogen and oxygen atoms in total. The first-order valence-corrected chi connectivity index (χ1v) is 7.66. The zero-order valence-corrected chi connectivity index (χ0v) is 13.9. The highest BCUT2D eigenvalue weighted by Crippen LogP contribution is 2.22. The number of carbonyl (C=O) groups excluding carboxylic acids is 1. The fourth-order valence-corrected chi connectivity index (χ4v) is 2.38. The van der Waals surface area contributed by atoms with Crippen LogP contribution in [0.25, 0.3) is 11.5 Å². The number of aliphatic hydroxyl groups is 1. The van der Waals surface area contributed by atoms with E-state index in [0.717, 1.165) is 0 Å². The first-order valence-electron chi connectivity index (χ1n) is 7.66. The second-order valence-electron chi connectivity index (χ2n) is 5.53. The van der Waals surface area contributed by atoms with Crippen molar-refractivity contribution >= 4 is 5.91 Å². The van der Waals surface area contributed by atoms with Crippen LogP contribution in [0.5, 0.6) is 5.75 Å². The first kappa shape index (κ1) is 16.8. The van der Waals surface area contributed by atoms with Crippen LogP contribution in [0.3, 0.4) is 0 Å². The van der Waals surface area contributed by atoms with Crippen molar-refractivity contribution in [3.63, 3.8) is 0 Å². The minimum absolute atomic E-state index is 0.119. The molecule has 130 valence electrons. The van der Waals surface area contributed by atoms with Crippen LogP contribution in [0.4, 0.5) is 0 Å². The molecular formula is C18H18N2O5. The van der Waals surface area contributed by atoms with E-state index >= 15 is 0 Å². The number of methoxy groups -OCH3 is 1. The molecule has 0 aliphatic rings. The highest BCUT2D eigenvalue weighted by molar-refractivity contribution is 5.92. The van der Waals surface area contributed by atoms with Crippen molar-refractivity contribution in [2.45, 2.75) is 6.10 Å². The molecule has 1 atom stereocenters. The van der Waals surface area contributed by atoms with Crippen molar-refractivity contribution in [2.24, 2.45) is 0 Å². The van der Waals surface area contributed by atoms with Crippen LogP contribution in [0, 0.1) is 0 Å². The van der Waals surface area contributed by atoms with Crippen molar-refractivity contribution in [2.75, 3.05) is 20.7 Å². The number of hydrogen-bond donors (Lipinski definition) is 1. The quantitative estimate of drug-likeness (QED) is 0.741. The fraction of sp³-hybridized carbons (Fsp3) is 0.222. The van der Waals surface area contributed by atoms with Gasteiger partial charge in [-0.05, 0) is 29.8 Å². The number of ether oxygens (including phenoxy) is 1. The maximum atomic E-state index is 12.4. The van der Waals surface area contributed by atoms with Crippen LogP contribution in [0.15, 0.2) is 57.7 Å². The molecular weight excluding hydrogens is 324 g/mol. The standard InChI is InChI=1S/C18H18N2O5/c1-20(11-15(21)12-5-7-13(23-2)8-6-12)18(22)14-10-17(25-19-14)16-4-3-9-24-16/h3-10,15,21H,11H2,1-2H3. The second-order valence-corrected chi connectivity index (χ2v) is 5.53. The van der Waals surface area contributed by atoms with Crippen LogP contribution in [-0.4, -0.2) is 41.8 Å². The molecule has 0 saturated heterocycles. The number of furan rings is 1. The van der Waals surface area contributed by atoms with Gasteiger partial charge >= 0.3 is 0 Å². The third kappa shape index (κ3) is 3.72. The Morgan fingerprint density at radius 1 is 1.28 bits per heavy atom. The largest absolute Gasteiger partial charge is 0.497 e. The topological polar surface area (TPSA) is 88.9 Å². The molecule has 3 aromatic rings. The first-order chi connectivity index (χ1) is 12.1. The molecule has 0 spiro atoms. The molecule has 0 radical (unpaired) electrons. The van der Waals surface area contributed by atoms with E-state index in [9.17, 15) is 9.90 Å². The van der Waals surface area contributed by atoms with Crippen LogP contribution >= 0.6 is 0 Å². The lowest BCUT2D eigenvalue weighted by Crippen LogP contribution is -2.31. The number of likely N-dealkylation sites (N-methyl/N-ethyl adjacent to an activating group) is 1. The van der Waals surface area contributed by atoms with E-state index in [2.05, 4.69) is 5.16 Å². The second kappa shape index (κ2) is 7.23. The van der Waals surface area contributed by atoms with Gasteiger partial charge in [0.2, 0.25) is 5.76 Å². The van der Waals surface area contributed by atoms with Gasteiger partial charge in [-0.1, -0.05) is 17.3 Å². The smallest absolute Gasteiger partial charge is 0.275 e. The summed E-state index contributed by atoms with van der Waals surface area (Å²) in [5, 5.41) is 14.1. The van der Waals surface area contributed by atoms with E-state index < -0.39 is 6.10 Å². The number of carbonyl (C=O) groups is 1. The normalized spacial score (nSPS) is 12.0. The Bertz CT molecular complexity index is 824. The van der Waals surface area contributed by atoms with E-state index in [1.807, 2.05) is 0 Å². The fourth-order valence-electron chi connectivity index (χ4n) is 2.38. The summed E-state index contributed by atoms with van der Waals surface area (Å²) in [4.78, 5) is 13.8. The van der Waals surface area contributed by atoms with Crippen molar-refractivity contribution in [3.05, 3.63) is 60.0 Å². The van der Waals surface area contributed by atoms with Gasteiger partial charge in [-0.15, -0.1) is 0 Å². The van der Waals surface area contributed by atoms with Crippen LogP contribution < -0.4 is 4.74 Å². The molecule has 0 aliphatic heterocycles. The summed E-state index contributed by atoms with van der Waals surface area (Å²) in [7, 11) is 3.17. The summed E-state index contributed by atoms with van der Waals surface area (Å²) < 4.78 is 15.4. The highest BCUT2D eigenvalue weighted by atomic mass is 16.5. The average molecular weight is 342 g/mol. The lowest BCUT2D eigenvalue weighted by atomic mass is 10.1. The summed E-state index contributed by atoms with van der Waals surface area (Å²) in [5.41, 5.74) is 0.840. The maximum Gasteiger partial charge on any atom is 0.275 e. The number of aliphatic hydroxyl groups excluding tert-OH is 1. The van der Waals surface area contributed by atoms with Gasteiger partial charge in [-0.3, -0.25) is 4.79 Å². The third-order valence-corrected chi connectivity index (χ3v) is 3.79. The summed E-state index contributed by atoms with van der Waals surface area (Å²) in [6.07, 6.45) is 0.688. The van der Waals surface area contributed by atoms with E-state index in [1.54, 1.807) is 50.6 Å². The molecule has 25 heavy (non-hydrogen) atoms. The number of nitrogens with zero attached hydrogens (tertiary/aromatic N) is 2. The van der Waals surface area contributed by atoms with Crippen molar-refractivity contribution in [1.82, 2.24) is 10.1 Å². The maximum absolute atomic E-state index is 12.4. The third-order valence-electron chi connectivity index (χ3n) is 3.79. The Kier molecular flexibility index (Phi) is 4.85. The van der Waals surface area contributed by atoms with E-state index in [1.165, 1.54) is 17.2 Å². The summed E-state index contributed by atoms with van der Waals surface area (Å²) in [6, 6.07) is 12.0. The van der Waals surface area contributed by atoms with Crippen LogP contribution in [0.1, 0.15) is 22.2 Å². The molecule has 1 amide bonds. The molecule has 1 aromatic carbocycles. The SMILES string of the molecule is COc1ccc(C(O)CN(C)C(=O)c2cc(-c3ccco3)on2)cc1. The molecule has 0 aliphatic carbocycles. The zero-order chi connectivity index (χ0) is 17.8. The van der Waals surface area contributed by atoms with E-state index in [0.29, 0.717) is 22.8 Å². The lowest BCUT2D eigenvalue weighted by Gasteiger charge is -2.20. The van der Waals surface area contributed by atoms with E-state index in [-0.39, 0.29) is 18.1 Å². The van der Waals surface area contributed by atoms with Crippen molar-refractivity contribution in [3.8, 4) is 17.3 Å². The lowest BCUT2D eigenvalue weighted by molar-refractivity contribution is 0.0671. The molecule has 0 fully saturated rings. The Labute approximate surface area is 144 Å². The predicted octanol–water partition coefficient (Wildman–Crippen LogP) is 2.75. The molecule has 0 bridgehead atoms. The minimum Gasteiger partial charge on any atom is -0.497 e. The summed E-state index contributed by atoms with van der Waals surface area (Å²) in [5.74, 6) is 1.22. The van der Waals surface area contributed by atoms with Crippen LogP contribution in [-0.2, 0) is 0 Å². The van der Waals surface area contributed by atoms with Gasteiger partial charge in [0.1, 0.15) is 5.75 Å². The molecule has 1 N–H and O–H groups in total. The molecule has 7 heteroatoms. The Balaban J connectivity index is 1.65. The number of hydrogen-bond acceptors (Lipinski definition) is 6. The monoisotopic (exact) mass is 342 g/mol. The van der Waals surface area contributed by atoms with Gasteiger partial charge in [-0.25, -0.2) is 0 Å². The average Bonchev–Trinajstić information content (AvgIpc) is 3.32. The number of amides is 1. The van der Waals surface area contributed by atoms with Gasteiger partial charge < -0.3 is 23.7 Å². The number of rotatable bonds is 6.